The highest BCUT2D eigenvalue weighted by Gasteiger charge is 2.31. The summed E-state index contributed by atoms with van der Waals surface area (Å²) in [5.41, 5.74) is 0. The molecule has 378 valence electrons. The summed E-state index contributed by atoms with van der Waals surface area (Å²) < 4.78 is 17.4. The Morgan fingerprint density at radius 3 is 1.29 bits per heavy atom. The van der Waals surface area contributed by atoms with Crippen LogP contribution >= 0.6 is 0 Å². The van der Waals surface area contributed by atoms with Crippen molar-refractivity contribution in [3.05, 3.63) is 48.6 Å². The fraction of sp³-hybridized carbons (Fsp3) is 0.807. The van der Waals surface area contributed by atoms with Gasteiger partial charge in [0.2, 0.25) is 0 Å². The lowest BCUT2D eigenvalue weighted by Gasteiger charge is -2.31. The second-order valence-corrected chi connectivity index (χ2v) is 19.5. The van der Waals surface area contributed by atoms with E-state index in [0.717, 1.165) is 70.6 Å². The molecule has 2 atom stereocenters. The summed E-state index contributed by atoms with van der Waals surface area (Å²) in [7, 11) is 5.54. The van der Waals surface area contributed by atoms with E-state index in [9.17, 15) is 19.5 Å². The highest BCUT2D eigenvalue weighted by atomic mass is 16.6. The second kappa shape index (κ2) is 47.8. The Kier molecular flexibility index (Phi) is 45.8. The van der Waals surface area contributed by atoms with Crippen LogP contribution in [0.5, 0.6) is 0 Å². The van der Waals surface area contributed by atoms with E-state index in [0.29, 0.717) is 19.3 Å². The number of carboxylic acid groups (broad SMARTS) is 1. The molecule has 65 heavy (non-hydrogen) atoms. The van der Waals surface area contributed by atoms with Crippen molar-refractivity contribution in [1.82, 2.24) is 0 Å². The first kappa shape index (κ1) is 62.3. The zero-order chi connectivity index (χ0) is 47.7. The highest BCUT2D eigenvalue weighted by molar-refractivity contribution is 5.72. The van der Waals surface area contributed by atoms with E-state index in [1.54, 1.807) is 0 Å². The van der Waals surface area contributed by atoms with Gasteiger partial charge in [0.1, 0.15) is 6.61 Å². The number of likely N-dealkylation sites (N-methyl/N-ethyl adjacent to an activating group) is 1. The van der Waals surface area contributed by atoms with E-state index >= 15 is 0 Å². The van der Waals surface area contributed by atoms with Gasteiger partial charge in [-0.1, -0.05) is 204 Å². The van der Waals surface area contributed by atoms with Crippen LogP contribution in [0.15, 0.2) is 48.6 Å². The molecule has 0 aromatic heterocycles. The van der Waals surface area contributed by atoms with Crippen LogP contribution in [0, 0.1) is 0 Å². The van der Waals surface area contributed by atoms with E-state index in [-0.39, 0.29) is 36.2 Å². The summed E-state index contributed by atoms with van der Waals surface area (Å²) >= 11 is 0. The van der Waals surface area contributed by atoms with Crippen LogP contribution in [0.25, 0.3) is 0 Å². The Hall–Kier alpha value is -2.71. The Morgan fingerprint density at radius 1 is 0.477 bits per heavy atom. The number of nitrogens with zero attached hydrogens (tertiary/aromatic N) is 1. The van der Waals surface area contributed by atoms with Gasteiger partial charge in [-0.25, -0.2) is 4.79 Å². The average molecular weight is 915 g/mol. The van der Waals surface area contributed by atoms with E-state index < -0.39 is 18.1 Å². The third kappa shape index (κ3) is 46.2. The number of ether oxygens (including phenoxy) is 3. The first-order chi connectivity index (χ1) is 31.6. The van der Waals surface area contributed by atoms with Crippen molar-refractivity contribution >= 4 is 17.9 Å². The van der Waals surface area contributed by atoms with Crippen molar-refractivity contribution in [2.24, 2.45) is 0 Å². The van der Waals surface area contributed by atoms with Gasteiger partial charge in [0.25, 0.3) is 0 Å². The molecular formula is C57H104NO7+. The van der Waals surface area contributed by atoms with Gasteiger partial charge in [0.05, 0.1) is 34.4 Å². The molecule has 0 radical (unpaired) electrons. The van der Waals surface area contributed by atoms with Gasteiger partial charge in [0, 0.05) is 19.3 Å². The number of carbonyl (C=O) groups is 3. The number of esters is 2. The molecule has 0 fully saturated rings. The predicted molar refractivity (Wildman–Crippen MR) is 275 cm³/mol. The van der Waals surface area contributed by atoms with Crippen molar-refractivity contribution in [2.45, 2.75) is 257 Å². The number of hydrogen-bond acceptors (Lipinski definition) is 6. The van der Waals surface area contributed by atoms with Crippen LogP contribution in [-0.4, -0.2) is 80.6 Å². The number of carbonyl (C=O) groups excluding carboxylic acids is 2. The van der Waals surface area contributed by atoms with Gasteiger partial charge in [-0.2, -0.15) is 0 Å². The van der Waals surface area contributed by atoms with Crippen LogP contribution in [0.2, 0.25) is 0 Å². The third-order valence-corrected chi connectivity index (χ3v) is 12.2. The maximum Gasteiger partial charge on any atom is 0.362 e. The summed E-state index contributed by atoms with van der Waals surface area (Å²) in [6.45, 7) is 4.65. The van der Waals surface area contributed by atoms with Crippen LogP contribution < -0.4 is 0 Å². The Labute approximate surface area is 401 Å². The minimum atomic E-state index is -0.874. The van der Waals surface area contributed by atoms with Gasteiger partial charge in [-0.15, -0.1) is 0 Å². The molecule has 0 aliphatic heterocycles. The molecule has 0 aromatic carbocycles. The van der Waals surface area contributed by atoms with Crippen LogP contribution in [-0.2, 0) is 28.6 Å². The molecule has 0 heterocycles. The zero-order valence-electron chi connectivity index (χ0n) is 43.2. The first-order valence-electron chi connectivity index (χ1n) is 27.2. The quantitative estimate of drug-likeness (QED) is 0.0281. The molecule has 8 nitrogen and oxygen atoms in total. The average Bonchev–Trinajstić information content (AvgIpc) is 3.27. The molecule has 8 heteroatoms. The predicted octanol–water partition coefficient (Wildman–Crippen LogP) is 15.9. The summed E-state index contributed by atoms with van der Waals surface area (Å²) in [6, 6.07) is -0.617. The maximum atomic E-state index is 12.8. The molecule has 0 aromatic rings. The number of unbranched alkanes of at least 4 members (excludes halogenated alkanes) is 27. The standard InChI is InChI=1S/C57H103NO7/c1-6-8-10-12-14-16-18-20-22-24-26-27-28-29-30-32-33-35-37-39-41-43-45-47-55(59)64-52-53(51-63-50-49-54(57(61)62)58(3,4)5)65-56(60)48-46-44-42-40-38-36-34-31-25-23-21-19-17-15-13-11-9-7-2/h8,10,14,16,20,22,31,34,53-54H,6-7,9,11-13,15,17-19,21,23-30,32-33,35-52H2,1-5H3/p+1/b10-8+,16-14+,22-20+,34-31+. The Morgan fingerprint density at radius 2 is 0.862 bits per heavy atom. The number of rotatable bonds is 49. The number of quaternary nitrogens is 1. The lowest BCUT2D eigenvalue weighted by molar-refractivity contribution is -0.887. The molecule has 0 aliphatic rings. The van der Waals surface area contributed by atoms with Gasteiger partial charge < -0.3 is 23.8 Å². The Bertz CT molecular complexity index is 1200. The van der Waals surface area contributed by atoms with Crippen LogP contribution in [0.4, 0.5) is 0 Å². The number of aliphatic carboxylic acids is 1. The van der Waals surface area contributed by atoms with Crippen molar-refractivity contribution in [2.75, 3.05) is 41.0 Å². The first-order valence-corrected chi connectivity index (χ1v) is 27.2. The molecular weight excluding hydrogens is 811 g/mol. The molecule has 0 spiro atoms. The SMILES string of the molecule is CC/C=C/C/C=C/C/C=C/CCCCCCCCCCCCCCCC(=O)OCC(COCCC(C(=O)O)[N+](C)(C)C)OC(=O)CCCCCCC/C=C/CCCCCCCCCCC. The highest BCUT2D eigenvalue weighted by Crippen LogP contribution is 2.16. The molecule has 0 amide bonds. The fourth-order valence-electron chi connectivity index (χ4n) is 8.04. The zero-order valence-corrected chi connectivity index (χ0v) is 43.2. The molecule has 1 N–H and O–H groups in total. The molecule has 0 bridgehead atoms. The molecule has 2 unspecified atom stereocenters. The van der Waals surface area contributed by atoms with Crippen molar-refractivity contribution < 1.29 is 38.2 Å². The monoisotopic (exact) mass is 915 g/mol. The fourth-order valence-corrected chi connectivity index (χ4v) is 8.04. The minimum absolute atomic E-state index is 0.0535. The van der Waals surface area contributed by atoms with Gasteiger partial charge in [-0.3, -0.25) is 9.59 Å². The van der Waals surface area contributed by atoms with Crippen molar-refractivity contribution in [3.63, 3.8) is 0 Å². The Balaban J connectivity index is 4.19. The van der Waals surface area contributed by atoms with Crippen LogP contribution in [0.1, 0.15) is 245 Å². The third-order valence-electron chi connectivity index (χ3n) is 12.2. The minimum Gasteiger partial charge on any atom is -0.477 e. The lowest BCUT2D eigenvalue weighted by atomic mass is 10.0. The van der Waals surface area contributed by atoms with Crippen molar-refractivity contribution in [1.29, 1.82) is 0 Å². The molecule has 0 saturated heterocycles. The summed E-state index contributed by atoms with van der Waals surface area (Å²) in [6.07, 6.45) is 58.8. The largest absolute Gasteiger partial charge is 0.477 e. The van der Waals surface area contributed by atoms with E-state index in [2.05, 4.69) is 62.5 Å². The molecule has 0 saturated carbocycles. The van der Waals surface area contributed by atoms with Crippen molar-refractivity contribution in [3.8, 4) is 0 Å². The number of allylic oxidation sites excluding steroid dienone is 8. The number of hydrogen-bond donors (Lipinski definition) is 1. The lowest BCUT2D eigenvalue weighted by Crippen LogP contribution is -2.50. The van der Waals surface area contributed by atoms with E-state index in [4.69, 9.17) is 14.2 Å². The summed E-state index contributed by atoms with van der Waals surface area (Å²) in [5.74, 6) is -1.47. The van der Waals surface area contributed by atoms with Gasteiger partial charge in [0.15, 0.2) is 12.1 Å². The molecule has 0 aliphatic carbocycles. The van der Waals surface area contributed by atoms with Crippen LogP contribution in [0.3, 0.4) is 0 Å². The van der Waals surface area contributed by atoms with Gasteiger partial charge >= 0.3 is 17.9 Å². The van der Waals surface area contributed by atoms with Gasteiger partial charge in [-0.05, 0) is 70.6 Å². The normalized spacial score (nSPS) is 13.2. The molecule has 0 rings (SSSR count). The summed E-state index contributed by atoms with van der Waals surface area (Å²) in [4.78, 5) is 37.2. The maximum absolute atomic E-state index is 12.8. The van der Waals surface area contributed by atoms with E-state index in [1.807, 2.05) is 21.1 Å². The summed E-state index contributed by atoms with van der Waals surface area (Å²) in [5, 5.41) is 9.66. The number of carboxylic acids is 1. The second-order valence-electron chi connectivity index (χ2n) is 19.5. The smallest absolute Gasteiger partial charge is 0.362 e. The van der Waals surface area contributed by atoms with E-state index in [1.165, 1.54) is 141 Å². The topological polar surface area (TPSA) is 99.1 Å².